The highest BCUT2D eigenvalue weighted by Crippen LogP contribution is 2.32. The summed E-state index contributed by atoms with van der Waals surface area (Å²) in [6.45, 7) is 2.27. The molecule has 148 valence electrons. The largest absolute Gasteiger partial charge is 0.352 e. The lowest BCUT2D eigenvalue weighted by Crippen LogP contribution is -2.02. The smallest absolute Gasteiger partial charge is 0.201 e. The molecule has 0 bridgehead atoms. The number of aromatic nitrogens is 5. The SMILES string of the molecule is Cc1cccc(-c2[nH]c(NCc3ccccc3F)nc2-c2ccc3nc[nH]c3c2)n1. The van der Waals surface area contributed by atoms with Gasteiger partial charge in [-0.3, -0.25) is 4.98 Å². The number of hydrogen-bond acceptors (Lipinski definition) is 4. The van der Waals surface area contributed by atoms with Crippen molar-refractivity contribution in [1.82, 2.24) is 24.9 Å². The van der Waals surface area contributed by atoms with Gasteiger partial charge in [-0.2, -0.15) is 0 Å². The molecule has 0 fully saturated rings. The minimum atomic E-state index is -0.248. The Labute approximate surface area is 172 Å². The first kappa shape index (κ1) is 18.1. The third-order valence-electron chi connectivity index (χ3n) is 4.95. The lowest BCUT2D eigenvalue weighted by atomic mass is 10.1. The van der Waals surface area contributed by atoms with Crippen LogP contribution < -0.4 is 5.32 Å². The molecule has 3 heterocycles. The van der Waals surface area contributed by atoms with Crippen LogP contribution in [0.25, 0.3) is 33.7 Å². The van der Waals surface area contributed by atoms with Crippen LogP contribution in [0.1, 0.15) is 11.3 Å². The van der Waals surface area contributed by atoms with Gasteiger partial charge in [0.2, 0.25) is 5.95 Å². The van der Waals surface area contributed by atoms with E-state index in [-0.39, 0.29) is 5.82 Å². The monoisotopic (exact) mass is 398 g/mol. The van der Waals surface area contributed by atoms with E-state index in [1.165, 1.54) is 6.07 Å². The van der Waals surface area contributed by atoms with E-state index >= 15 is 0 Å². The van der Waals surface area contributed by atoms with Gasteiger partial charge in [0.25, 0.3) is 0 Å². The van der Waals surface area contributed by atoms with Gasteiger partial charge in [0.1, 0.15) is 11.5 Å². The maximum Gasteiger partial charge on any atom is 0.201 e. The van der Waals surface area contributed by atoms with E-state index in [9.17, 15) is 4.39 Å². The van der Waals surface area contributed by atoms with Gasteiger partial charge in [-0.15, -0.1) is 0 Å². The third kappa shape index (κ3) is 3.41. The second-order valence-corrected chi connectivity index (χ2v) is 7.05. The van der Waals surface area contributed by atoms with Crippen LogP contribution in [0, 0.1) is 12.7 Å². The van der Waals surface area contributed by atoms with E-state index in [0.29, 0.717) is 18.1 Å². The molecule has 0 radical (unpaired) electrons. The molecule has 2 aromatic carbocycles. The molecule has 30 heavy (non-hydrogen) atoms. The van der Waals surface area contributed by atoms with Crippen LogP contribution in [-0.4, -0.2) is 24.9 Å². The Hall–Kier alpha value is -4.00. The minimum Gasteiger partial charge on any atom is -0.352 e. The summed E-state index contributed by atoms with van der Waals surface area (Å²) in [6, 6.07) is 18.5. The van der Waals surface area contributed by atoms with Crippen LogP contribution in [0.4, 0.5) is 10.3 Å². The van der Waals surface area contributed by atoms with Gasteiger partial charge in [-0.05, 0) is 37.3 Å². The molecule has 0 atom stereocenters. The number of halogens is 1. The Kier molecular flexibility index (Phi) is 4.48. The second kappa shape index (κ2) is 7.44. The van der Waals surface area contributed by atoms with Crippen molar-refractivity contribution >= 4 is 17.0 Å². The summed E-state index contributed by atoms with van der Waals surface area (Å²) in [5.41, 5.74) is 6.60. The molecule has 5 rings (SSSR count). The fraction of sp³-hybridized carbons (Fsp3) is 0.0870. The predicted octanol–water partition coefficient (Wildman–Crippen LogP) is 5.07. The zero-order valence-electron chi connectivity index (χ0n) is 16.3. The van der Waals surface area contributed by atoms with Gasteiger partial charge in [0.05, 0.1) is 28.7 Å². The van der Waals surface area contributed by atoms with Crippen LogP contribution in [0.5, 0.6) is 0 Å². The highest BCUT2D eigenvalue weighted by Gasteiger charge is 2.16. The number of nitrogens with one attached hydrogen (secondary N) is 3. The van der Waals surface area contributed by atoms with E-state index in [1.54, 1.807) is 18.5 Å². The molecule has 0 saturated carbocycles. The molecule has 5 aromatic rings. The van der Waals surface area contributed by atoms with Crippen molar-refractivity contribution in [2.75, 3.05) is 5.32 Å². The molecule has 0 saturated heterocycles. The summed E-state index contributed by atoms with van der Waals surface area (Å²) in [6.07, 6.45) is 1.67. The highest BCUT2D eigenvalue weighted by atomic mass is 19.1. The first-order chi connectivity index (χ1) is 14.7. The summed E-state index contributed by atoms with van der Waals surface area (Å²) in [4.78, 5) is 20.1. The molecule has 0 spiro atoms. The Balaban J connectivity index is 1.56. The number of anilines is 1. The number of H-pyrrole nitrogens is 2. The van der Waals surface area contributed by atoms with Gasteiger partial charge >= 0.3 is 0 Å². The topological polar surface area (TPSA) is 82.3 Å². The van der Waals surface area contributed by atoms with Gasteiger partial charge in [-0.1, -0.05) is 30.3 Å². The van der Waals surface area contributed by atoms with E-state index in [0.717, 1.165) is 39.4 Å². The number of benzene rings is 2. The first-order valence-corrected chi connectivity index (χ1v) is 9.62. The number of imidazole rings is 2. The summed E-state index contributed by atoms with van der Waals surface area (Å²) in [5.74, 6) is 0.304. The number of aromatic amines is 2. The van der Waals surface area contributed by atoms with Gasteiger partial charge in [-0.25, -0.2) is 14.4 Å². The molecule has 6 nitrogen and oxygen atoms in total. The van der Waals surface area contributed by atoms with Crippen molar-refractivity contribution in [2.45, 2.75) is 13.5 Å². The summed E-state index contributed by atoms with van der Waals surface area (Å²) >= 11 is 0. The lowest BCUT2D eigenvalue weighted by molar-refractivity contribution is 0.613. The fourth-order valence-corrected chi connectivity index (χ4v) is 3.44. The number of aryl methyl sites for hydroxylation is 1. The molecular formula is C23H19FN6. The van der Waals surface area contributed by atoms with Crippen molar-refractivity contribution in [3.8, 4) is 22.6 Å². The highest BCUT2D eigenvalue weighted by molar-refractivity contribution is 5.85. The van der Waals surface area contributed by atoms with E-state index in [1.807, 2.05) is 49.4 Å². The van der Waals surface area contributed by atoms with Crippen molar-refractivity contribution in [2.24, 2.45) is 0 Å². The number of hydrogen-bond donors (Lipinski definition) is 3. The Morgan fingerprint density at radius 2 is 1.90 bits per heavy atom. The molecule has 0 aliphatic heterocycles. The van der Waals surface area contributed by atoms with E-state index in [2.05, 4.69) is 25.3 Å². The Morgan fingerprint density at radius 1 is 1.00 bits per heavy atom. The van der Waals surface area contributed by atoms with Gasteiger partial charge in [0, 0.05) is 23.4 Å². The summed E-state index contributed by atoms with van der Waals surface area (Å²) in [7, 11) is 0. The second-order valence-electron chi connectivity index (χ2n) is 7.05. The maximum absolute atomic E-state index is 14.0. The molecule has 0 unspecified atom stereocenters. The molecular weight excluding hydrogens is 379 g/mol. The zero-order valence-corrected chi connectivity index (χ0v) is 16.3. The first-order valence-electron chi connectivity index (χ1n) is 9.62. The summed E-state index contributed by atoms with van der Waals surface area (Å²) < 4.78 is 14.0. The van der Waals surface area contributed by atoms with Crippen LogP contribution in [-0.2, 0) is 6.54 Å². The quantitative estimate of drug-likeness (QED) is 0.386. The predicted molar refractivity (Wildman–Crippen MR) is 115 cm³/mol. The standard InChI is InChI=1S/C23H19FN6/c1-14-5-4-8-19(28-14)22-21(15-9-10-18-20(11-15)27-13-26-18)29-23(30-22)25-12-16-6-2-3-7-17(16)24/h2-11,13H,12H2,1H3,(H,26,27)(H2,25,29,30). The maximum atomic E-state index is 14.0. The van der Waals surface area contributed by atoms with Crippen molar-refractivity contribution in [1.29, 1.82) is 0 Å². The molecule has 0 aliphatic rings. The number of nitrogens with zero attached hydrogens (tertiary/aromatic N) is 3. The normalized spacial score (nSPS) is 11.1. The molecule has 3 aromatic heterocycles. The van der Waals surface area contributed by atoms with E-state index in [4.69, 9.17) is 4.98 Å². The number of rotatable bonds is 5. The zero-order chi connectivity index (χ0) is 20.5. The van der Waals surface area contributed by atoms with Crippen LogP contribution in [0.3, 0.4) is 0 Å². The molecule has 7 heteroatoms. The lowest BCUT2D eigenvalue weighted by Gasteiger charge is -2.04. The Morgan fingerprint density at radius 3 is 2.77 bits per heavy atom. The van der Waals surface area contributed by atoms with Gasteiger partial charge in [0.15, 0.2) is 0 Å². The van der Waals surface area contributed by atoms with Gasteiger partial charge < -0.3 is 15.3 Å². The minimum absolute atomic E-state index is 0.248. The molecule has 0 amide bonds. The average Bonchev–Trinajstić information content (AvgIpc) is 3.39. The Bertz CT molecular complexity index is 1340. The van der Waals surface area contributed by atoms with Crippen molar-refractivity contribution in [3.05, 3.63) is 84.1 Å². The molecule has 0 aliphatic carbocycles. The average molecular weight is 398 g/mol. The molecule has 3 N–H and O–H groups in total. The fourth-order valence-electron chi connectivity index (χ4n) is 3.44. The van der Waals surface area contributed by atoms with E-state index < -0.39 is 0 Å². The number of fused-ring (bicyclic) bond motifs is 1. The van der Waals surface area contributed by atoms with Crippen LogP contribution in [0.2, 0.25) is 0 Å². The van der Waals surface area contributed by atoms with Crippen molar-refractivity contribution in [3.63, 3.8) is 0 Å². The summed E-state index contributed by atoms with van der Waals surface area (Å²) in [5, 5.41) is 3.19. The van der Waals surface area contributed by atoms with Crippen molar-refractivity contribution < 1.29 is 4.39 Å². The van der Waals surface area contributed by atoms with Crippen LogP contribution >= 0.6 is 0 Å². The number of pyridine rings is 1. The van der Waals surface area contributed by atoms with Crippen LogP contribution in [0.15, 0.2) is 67.0 Å². The third-order valence-corrected chi connectivity index (χ3v) is 4.95.